The average Bonchev–Trinajstić information content (AvgIpc) is 3.01. The molecule has 6 nitrogen and oxygen atoms in total. The minimum Gasteiger partial charge on any atom is -0.368 e. The number of nitrogens with zero attached hydrogens (tertiary/aromatic N) is 2. The lowest BCUT2D eigenvalue weighted by atomic mass is 10.2. The number of benzene rings is 1. The van der Waals surface area contributed by atoms with E-state index in [0.717, 1.165) is 39.3 Å². The lowest BCUT2D eigenvalue weighted by Crippen LogP contribution is -2.36. The van der Waals surface area contributed by atoms with Crippen LogP contribution in [0.4, 0.5) is 4.79 Å². The molecule has 0 spiro atoms. The number of nitrogens with two attached hydrogens (primary N) is 1. The van der Waals surface area contributed by atoms with E-state index >= 15 is 0 Å². The number of carbonyl (C=O) groups excluding carboxylic acids is 3. The van der Waals surface area contributed by atoms with Gasteiger partial charge in [-0.15, -0.1) is 0 Å². The maximum atomic E-state index is 12.4. The number of imide groups is 1. The van der Waals surface area contributed by atoms with Crippen LogP contribution in [0, 0.1) is 13.8 Å². The number of rotatable bonds is 4. The first-order valence-electron chi connectivity index (χ1n) is 7.87. The number of aryl methyl sites for hydroxylation is 1. The van der Waals surface area contributed by atoms with Gasteiger partial charge in [0.25, 0.3) is 11.1 Å². The predicted molar refractivity (Wildman–Crippen MR) is 107 cm³/mol. The molecule has 9 heteroatoms. The first-order valence-corrected chi connectivity index (χ1v) is 9.45. The van der Waals surface area contributed by atoms with E-state index in [1.165, 1.54) is 0 Å². The summed E-state index contributed by atoms with van der Waals surface area (Å²) < 4.78 is 1.92. The Bertz CT molecular complexity index is 1010. The predicted octanol–water partition coefficient (Wildman–Crippen LogP) is 3.92. The molecule has 2 N–H and O–H groups in total. The quantitative estimate of drug-likeness (QED) is 0.754. The maximum Gasteiger partial charge on any atom is 0.294 e. The molecule has 1 saturated heterocycles. The monoisotopic (exact) mass is 423 g/mol. The number of aromatic nitrogens is 1. The number of thioether (sulfide) groups is 1. The highest BCUT2D eigenvalue weighted by Crippen LogP contribution is 2.35. The lowest BCUT2D eigenvalue weighted by molar-refractivity contribution is -0.127. The second-order valence-corrected chi connectivity index (χ2v) is 7.75. The van der Waals surface area contributed by atoms with E-state index in [4.69, 9.17) is 28.9 Å². The van der Waals surface area contributed by atoms with Crippen molar-refractivity contribution in [2.24, 2.45) is 5.73 Å². The fourth-order valence-corrected chi connectivity index (χ4v) is 4.11. The second kappa shape index (κ2) is 7.42. The highest BCUT2D eigenvalue weighted by molar-refractivity contribution is 8.18. The van der Waals surface area contributed by atoms with Crippen LogP contribution in [0.15, 0.2) is 29.2 Å². The SMILES string of the molecule is Cc1cc(/C=C2\SC(=O)N(CC(N)=O)C2=O)c(C)n1-c1cccc(Cl)c1Cl. The van der Waals surface area contributed by atoms with Gasteiger partial charge in [0.15, 0.2) is 0 Å². The van der Waals surface area contributed by atoms with Gasteiger partial charge in [-0.2, -0.15) is 0 Å². The van der Waals surface area contributed by atoms with Gasteiger partial charge in [-0.25, -0.2) is 0 Å². The third-order valence-corrected chi connectivity index (χ3v) is 5.83. The fourth-order valence-electron chi connectivity index (χ4n) is 2.90. The summed E-state index contributed by atoms with van der Waals surface area (Å²) in [6, 6.07) is 7.24. The molecular formula is C18H15Cl2N3O3S. The van der Waals surface area contributed by atoms with Crippen molar-refractivity contribution in [3.8, 4) is 5.69 Å². The Morgan fingerprint density at radius 2 is 1.96 bits per heavy atom. The lowest BCUT2D eigenvalue weighted by Gasteiger charge is -2.12. The molecule has 0 unspecified atom stereocenters. The molecule has 1 aromatic heterocycles. The Hall–Kier alpha value is -2.22. The van der Waals surface area contributed by atoms with Gasteiger partial charge in [0, 0.05) is 11.4 Å². The molecule has 140 valence electrons. The summed E-state index contributed by atoms with van der Waals surface area (Å²) in [7, 11) is 0. The number of amides is 3. The summed E-state index contributed by atoms with van der Waals surface area (Å²) in [5, 5.41) is 0.349. The molecule has 0 saturated carbocycles. The first kappa shape index (κ1) is 19.5. The normalized spacial score (nSPS) is 15.9. The van der Waals surface area contributed by atoms with E-state index in [-0.39, 0.29) is 4.91 Å². The number of carbonyl (C=O) groups is 3. The molecule has 1 aromatic carbocycles. The first-order chi connectivity index (χ1) is 12.7. The molecule has 0 bridgehead atoms. The van der Waals surface area contributed by atoms with Gasteiger partial charge in [-0.3, -0.25) is 19.3 Å². The van der Waals surface area contributed by atoms with Crippen molar-refractivity contribution in [3.63, 3.8) is 0 Å². The molecule has 1 aliphatic rings. The van der Waals surface area contributed by atoms with Crippen LogP contribution in [0.3, 0.4) is 0 Å². The van der Waals surface area contributed by atoms with Gasteiger partial charge >= 0.3 is 0 Å². The van der Waals surface area contributed by atoms with Crippen LogP contribution in [-0.4, -0.2) is 33.1 Å². The minimum atomic E-state index is -0.743. The van der Waals surface area contributed by atoms with Crippen molar-refractivity contribution < 1.29 is 14.4 Å². The van der Waals surface area contributed by atoms with Crippen LogP contribution in [-0.2, 0) is 9.59 Å². The smallest absolute Gasteiger partial charge is 0.294 e. The summed E-state index contributed by atoms with van der Waals surface area (Å²) in [6.07, 6.45) is 1.63. The van der Waals surface area contributed by atoms with Crippen LogP contribution < -0.4 is 5.73 Å². The van der Waals surface area contributed by atoms with Crippen LogP contribution in [0.2, 0.25) is 10.0 Å². The Morgan fingerprint density at radius 1 is 1.26 bits per heavy atom. The van der Waals surface area contributed by atoms with Crippen molar-refractivity contribution in [2.45, 2.75) is 13.8 Å². The molecule has 0 atom stereocenters. The summed E-state index contributed by atoms with van der Waals surface area (Å²) in [6.45, 7) is 3.35. The highest BCUT2D eigenvalue weighted by atomic mass is 35.5. The molecule has 3 rings (SSSR count). The van der Waals surface area contributed by atoms with E-state index < -0.39 is 23.6 Å². The largest absolute Gasteiger partial charge is 0.368 e. The zero-order valence-electron chi connectivity index (χ0n) is 14.5. The number of halogens is 2. The van der Waals surface area contributed by atoms with E-state index in [0.29, 0.717) is 10.0 Å². The van der Waals surface area contributed by atoms with E-state index in [2.05, 4.69) is 0 Å². The molecule has 0 aliphatic carbocycles. The number of hydrogen-bond donors (Lipinski definition) is 1. The molecule has 2 aromatic rings. The molecular weight excluding hydrogens is 409 g/mol. The van der Waals surface area contributed by atoms with E-state index in [1.54, 1.807) is 18.2 Å². The standard InChI is InChI=1S/C18H15Cl2N3O3S/c1-9-6-11(7-14-17(25)22(8-15(21)24)18(26)27-14)10(2)23(9)13-5-3-4-12(19)16(13)20/h3-7H,8H2,1-2H3,(H2,21,24)/b14-7-. The highest BCUT2D eigenvalue weighted by Gasteiger charge is 2.36. The van der Waals surface area contributed by atoms with Crippen LogP contribution >= 0.6 is 35.0 Å². The molecule has 1 aliphatic heterocycles. The van der Waals surface area contributed by atoms with Crippen LogP contribution in [0.1, 0.15) is 17.0 Å². The Morgan fingerprint density at radius 3 is 2.63 bits per heavy atom. The zero-order chi connectivity index (χ0) is 19.9. The molecule has 27 heavy (non-hydrogen) atoms. The minimum absolute atomic E-state index is 0.235. The Balaban J connectivity index is 2.02. The third-order valence-electron chi connectivity index (χ3n) is 4.12. The average molecular weight is 424 g/mol. The number of primary amides is 1. The van der Waals surface area contributed by atoms with Gasteiger partial charge in [-0.1, -0.05) is 29.3 Å². The fraction of sp³-hybridized carbons (Fsp3) is 0.167. The van der Waals surface area contributed by atoms with E-state index in [9.17, 15) is 14.4 Å². The number of hydrogen-bond acceptors (Lipinski definition) is 4. The van der Waals surface area contributed by atoms with Crippen molar-refractivity contribution >= 4 is 58.1 Å². The Labute approximate surface area is 169 Å². The van der Waals surface area contributed by atoms with Crippen LogP contribution in [0.25, 0.3) is 11.8 Å². The molecule has 1 fully saturated rings. The van der Waals surface area contributed by atoms with Crippen molar-refractivity contribution in [1.82, 2.24) is 9.47 Å². The van der Waals surface area contributed by atoms with Crippen molar-refractivity contribution in [1.29, 1.82) is 0 Å². The summed E-state index contributed by atoms with van der Waals surface area (Å²) in [5.74, 6) is -1.28. The van der Waals surface area contributed by atoms with Gasteiger partial charge in [0.1, 0.15) is 6.54 Å². The molecule has 3 amide bonds. The Kier molecular flexibility index (Phi) is 5.37. The van der Waals surface area contributed by atoms with Crippen molar-refractivity contribution in [3.05, 3.63) is 56.2 Å². The molecule has 0 radical (unpaired) electrons. The van der Waals surface area contributed by atoms with Crippen LogP contribution in [0.5, 0.6) is 0 Å². The summed E-state index contributed by atoms with van der Waals surface area (Å²) in [5.41, 5.74) is 8.29. The van der Waals surface area contributed by atoms with Gasteiger partial charge < -0.3 is 10.3 Å². The maximum absolute atomic E-state index is 12.4. The van der Waals surface area contributed by atoms with Gasteiger partial charge in [-0.05, 0) is 55.4 Å². The second-order valence-electron chi connectivity index (χ2n) is 5.97. The third kappa shape index (κ3) is 3.63. The molecule has 2 heterocycles. The topological polar surface area (TPSA) is 85.4 Å². The van der Waals surface area contributed by atoms with Gasteiger partial charge in [0.05, 0.1) is 20.6 Å². The summed E-state index contributed by atoms with van der Waals surface area (Å²) in [4.78, 5) is 36.5. The van der Waals surface area contributed by atoms with Crippen molar-refractivity contribution in [2.75, 3.05) is 6.54 Å². The zero-order valence-corrected chi connectivity index (χ0v) is 16.8. The van der Waals surface area contributed by atoms with Gasteiger partial charge in [0.2, 0.25) is 5.91 Å². The summed E-state index contributed by atoms with van der Waals surface area (Å²) >= 11 is 13.2. The van der Waals surface area contributed by atoms with E-state index in [1.807, 2.05) is 30.5 Å².